The van der Waals surface area contributed by atoms with Gasteiger partial charge in [-0.1, -0.05) is 30.3 Å². The smallest absolute Gasteiger partial charge is 0.392 e. The molecule has 0 aliphatic carbocycles. The van der Waals surface area contributed by atoms with Gasteiger partial charge in [0.2, 0.25) is 5.91 Å². The Morgan fingerprint density at radius 2 is 1.91 bits per heavy atom. The van der Waals surface area contributed by atoms with Gasteiger partial charge in [0.25, 0.3) is 0 Å². The third kappa shape index (κ3) is 4.40. The summed E-state index contributed by atoms with van der Waals surface area (Å²) in [4.78, 5) is 15.7. The lowest BCUT2D eigenvalue weighted by atomic mass is 10.1. The number of nitrogens with one attached hydrogen (secondary N) is 1. The third-order valence-electron chi connectivity index (χ3n) is 3.01. The van der Waals surface area contributed by atoms with Crippen molar-refractivity contribution in [1.82, 2.24) is 4.98 Å². The molecule has 1 aromatic carbocycles. The van der Waals surface area contributed by atoms with Gasteiger partial charge in [-0.15, -0.1) is 0 Å². The van der Waals surface area contributed by atoms with Crippen molar-refractivity contribution in [2.24, 2.45) is 0 Å². The maximum absolute atomic E-state index is 13.1. The molecule has 1 heterocycles. The van der Waals surface area contributed by atoms with Gasteiger partial charge >= 0.3 is 6.18 Å². The molecule has 23 heavy (non-hydrogen) atoms. The van der Waals surface area contributed by atoms with Crippen molar-refractivity contribution in [2.75, 3.05) is 5.32 Å². The highest BCUT2D eigenvalue weighted by molar-refractivity contribution is 6.04. The lowest BCUT2D eigenvalue weighted by Crippen LogP contribution is -2.16. The number of allylic oxidation sites excluding steroid dienone is 1. The molecular formula is C16H13F3N2O2. The van der Waals surface area contributed by atoms with Crippen LogP contribution in [0.5, 0.6) is 0 Å². The van der Waals surface area contributed by atoms with Gasteiger partial charge in [0.05, 0.1) is 24.1 Å². The summed E-state index contributed by atoms with van der Waals surface area (Å²) >= 11 is 0. The van der Waals surface area contributed by atoms with Crippen LogP contribution >= 0.6 is 0 Å². The zero-order valence-electron chi connectivity index (χ0n) is 11.8. The predicted octanol–water partition coefficient (Wildman–Crippen LogP) is 3.16. The van der Waals surface area contributed by atoms with Crippen LogP contribution in [0, 0.1) is 0 Å². The molecule has 4 nitrogen and oxygen atoms in total. The number of halogens is 3. The van der Waals surface area contributed by atoms with E-state index in [1.807, 2.05) is 0 Å². The minimum Gasteiger partial charge on any atom is -0.392 e. The number of aromatic nitrogens is 1. The van der Waals surface area contributed by atoms with Crippen molar-refractivity contribution in [3.63, 3.8) is 0 Å². The number of benzene rings is 1. The Bertz CT molecular complexity index is 713. The number of carbonyl (C=O) groups excluding carboxylic acids is 1. The number of aliphatic hydroxyl groups is 1. The highest BCUT2D eigenvalue weighted by Crippen LogP contribution is 2.33. The summed E-state index contributed by atoms with van der Waals surface area (Å²) in [6.45, 7) is -0.368. The number of alkyl halides is 3. The van der Waals surface area contributed by atoms with Crippen LogP contribution < -0.4 is 5.32 Å². The van der Waals surface area contributed by atoms with Gasteiger partial charge in [-0.25, -0.2) is 0 Å². The normalized spacial score (nSPS) is 12.1. The van der Waals surface area contributed by atoms with Crippen LogP contribution in [0.15, 0.2) is 54.9 Å². The number of hydrogen-bond donors (Lipinski definition) is 2. The average molecular weight is 322 g/mol. The van der Waals surface area contributed by atoms with Crippen LogP contribution in [-0.2, 0) is 11.4 Å². The second-order valence-electron chi connectivity index (χ2n) is 4.60. The molecule has 0 saturated heterocycles. The van der Waals surface area contributed by atoms with E-state index in [9.17, 15) is 18.0 Å². The topological polar surface area (TPSA) is 62.2 Å². The molecule has 2 aromatic rings. The summed E-state index contributed by atoms with van der Waals surface area (Å²) in [5, 5.41) is 11.4. The molecule has 1 aromatic heterocycles. The van der Waals surface area contributed by atoms with E-state index >= 15 is 0 Å². The number of carbonyl (C=O) groups is 1. The van der Waals surface area contributed by atoms with Crippen molar-refractivity contribution in [3.05, 3.63) is 66.0 Å². The lowest BCUT2D eigenvalue weighted by Gasteiger charge is -2.12. The number of pyridine rings is 1. The van der Waals surface area contributed by atoms with Gasteiger partial charge < -0.3 is 10.4 Å². The van der Waals surface area contributed by atoms with E-state index in [-0.39, 0.29) is 17.9 Å². The average Bonchev–Trinajstić information content (AvgIpc) is 2.53. The maximum atomic E-state index is 13.1. The predicted molar refractivity (Wildman–Crippen MR) is 79.3 cm³/mol. The first kappa shape index (κ1) is 16.7. The number of amides is 1. The fraction of sp³-hybridized carbons (Fsp3) is 0.125. The first-order chi connectivity index (χ1) is 10.9. The van der Waals surface area contributed by atoms with Crippen LogP contribution in [0.2, 0.25) is 0 Å². The summed E-state index contributed by atoms with van der Waals surface area (Å²) in [6, 6.07) is 8.50. The van der Waals surface area contributed by atoms with E-state index in [1.165, 1.54) is 42.7 Å². The molecule has 1 amide bonds. The fourth-order valence-electron chi connectivity index (χ4n) is 1.92. The quantitative estimate of drug-likeness (QED) is 0.850. The van der Waals surface area contributed by atoms with E-state index in [2.05, 4.69) is 10.3 Å². The minimum atomic E-state index is -4.67. The summed E-state index contributed by atoms with van der Waals surface area (Å²) in [7, 11) is 0. The van der Waals surface area contributed by atoms with E-state index in [0.717, 1.165) is 0 Å². The molecule has 0 spiro atoms. The van der Waals surface area contributed by atoms with Crippen LogP contribution in [0.4, 0.5) is 18.9 Å². The number of rotatable bonds is 4. The molecule has 0 radical (unpaired) electrons. The summed E-state index contributed by atoms with van der Waals surface area (Å²) in [6.07, 6.45) is -1.52. The highest BCUT2D eigenvalue weighted by Gasteiger charge is 2.35. The standard InChI is InChI=1S/C16H13F3N2O2/c17-16(18,19)13(11-4-2-1-3-5-11)8-15(23)21-14-9-20-7-6-12(14)10-22/h1-9,22H,10H2,(H,21,23)/b13-8-. The monoisotopic (exact) mass is 322 g/mol. The van der Waals surface area contributed by atoms with Gasteiger partial charge in [0, 0.05) is 17.8 Å². The molecule has 2 rings (SSSR count). The Hall–Kier alpha value is -2.67. The van der Waals surface area contributed by atoms with E-state index in [4.69, 9.17) is 5.11 Å². The molecule has 0 aliphatic rings. The largest absolute Gasteiger partial charge is 0.417 e. The first-order valence-corrected chi connectivity index (χ1v) is 6.61. The Morgan fingerprint density at radius 1 is 1.22 bits per heavy atom. The van der Waals surface area contributed by atoms with Crippen molar-refractivity contribution in [2.45, 2.75) is 12.8 Å². The highest BCUT2D eigenvalue weighted by atomic mass is 19.4. The summed E-state index contributed by atoms with van der Waals surface area (Å²) in [5.74, 6) is -0.955. The Balaban J connectivity index is 2.31. The van der Waals surface area contributed by atoms with Crippen molar-refractivity contribution >= 4 is 17.2 Å². The van der Waals surface area contributed by atoms with E-state index in [1.54, 1.807) is 6.07 Å². The number of hydrogen-bond acceptors (Lipinski definition) is 3. The van der Waals surface area contributed by atoms with Crippen molar-refractivity contribution in [3.8, 4) is 0 Å². The third-order valence-corrected chi connectivity index (χ3v) is 3.01. The van der Waals surface area contributed by atoms with E-state index < -0.39 is 17.7 Å². The van der Waals surface area contributed by atoms with Gasteiger partial charge in [0.1, 0.15) is 0 Å². The molecule has 120 valence electrons. The number of anilines is 1. The zero-order chi connectivity index (χ0) is 16.9. The van der Waals surface area contributed by atoms with Crippen LogP contribution in [0.3, 0.4) is 0 Å². The second-order valence-corrected chi connectivity index (χ2v) is 4.60. The zero-order valence-corrected chi connectivity index (χ0v) is 11.8. The summed E-state index contributed by atoms with van der Waals surface area (Å²) in [5.41, 5.74) is -0.644. The molecular weight excluding hydrogens is 309 g/mol. The van der Waals surface area contributed by atoms with Crippen LogP contribution in [0.1, 0.15) is 11.1 Å². The van der Waals surface area contributed by atoms with Crippen molar-refractivity contribution in [1.29, 1.82) is 0 Å². The Morgan fingerprint density at radius 3 is 2.52 bits per heavy atom. The van der Waals surface area contributed by atoms with Crippen molar-refractivity contribution < 1.29 is 23.1 Å². The minimum absolute atomic E-state index is 0.108. The Kier molecular flexibility index (Phi) is 5.13. The molecule has 2 N–H and O–H groups in total. The molecule has 0 bridgehead atoms. The molecule has 7 heteroatoms. The first-order valence-electron chi connectivity index (χ1n) is 6.61. The molecule has 0 aliphatic heterocycles. The maximum Gasteiger partial charge on any atom is 0.417 e. The fourth-order valence-corrected chi connectivity index (χ4v) is 1.92. The van der Waals surface area contributed by atoms with Gasteiger partial charge in [0.15, 0.2) is 0 Å². The van der Waals surface area contributed by atoms with Crippen LogP contribution in [-0.4, -0.2) is 22.2 Å². The molecule has 0 saturated carbocycles. The number of nitrogens with zero attached hydrogens (tertiary/aromatic N) is 1. The SMILES string of the molecule is O=C(/C=C(/c1ccccc1)C(F)(F)F)Nc1cnccc1CO. The molecule has 0 atom stereocenters. The Labute approximate surface area is 130 Å². The van der Waals surface area contributed by atoms with Gasteiger partial charge in [-0.2, -0.15) is 13.2 Å². The number of aliphatic hydroxyl groups excluding tert-OH is 1. The summed E-state index contributed by atoms with van der Waals surface area (Å²) < 4.78 is 39.4. The van der Waals surface area contributed by atoms with Gasteiger partial charge in [-0.3, -0.25) is 9.78 Å². The van der Waals surface area contributed by atoms with E-state index in [0.29, 0.717) is 11.6 Å². The van der Waals surface area contributed by atoms with Crippen LogP contribution in [0.25, 0.3) is 5.57 Å². The lowest BCUT2D eigenvalue weighted by molar-refractivity contribution is -0.112. The van der Waals surface area contributed by atoms with Gasteiger partial charge in [-0.05, 0) is 11.6 Å². The second kappa shape index (κ2) is 7.06. The molecule has 0 fully saturated rings. The molecule has 0 unspecified atom stereocenters.